The number of benzene rings is 2. The molecule has 2 aromatic carbocycles. The fourth-order valence-electron chi connectivity index (χ4n) is 3.62. The van der Waals surface area contributed by atoms with Crippen LogP contribution in [0.5, 0.6) is 0 Å². The Kier molecular flexibility index (Phi) is 5.07. The summed E-state index contributed by atoms with van der Waals surface area (Å²) in [5.41, 5.74) is 3.80. The van der Waals surface area contributed by atoms with Crippen molar-refractivity contribution >= 4 is 47.2 Å². The molecule has 1 amide bonds. The molecule has 0 radical (unpaired) electrons. The average molecular weight is 384 g/mol. The van der Waals surface area contributed by atoms with Crippen molar-refractivity contribution in [2.75, 3.05) is 24.5 Å². The van der Waals surface area contributed by atoms with Gasteiger partial charge in [0.1, 0.15) is 0 Å². The van der Waals surface area contributed by atoms with E-state index in [4.69, 9.17) is 23.2 Å². The minimum atomic E-state index is -0.00917. The molecular formula is C18H17Cl3N2O. The molecule has 0 aromatic heterocycles. The molecule has 1 N–H and O–H groups in total. The lowest BCUT2D eigenvalue weighted by molar-refractivity contribution is 0.0988. The Hall–Kier alpha value is -1.26. The second kappa shape index (κ2) is 6.93. The van der Waals surface area contributed by atoms with Gasteiger partial charge < -0.3 is 10.2 Å². The first kappa shape index (κ1) is 17.6. The minimum Gasteiger partial charge on any atom is -0.316 e. The number of nitrogens with one attached hydrogen (secondary N) is 1. The number of carbonyl (C=O) groups excluding carboxylic acids is 1. The van der Waals surface area contributed by atoms with Crippen LogP contribution in [0.2, 0.25) is 10.0 Å². The quantitative estimate of drug-likeness (QED) is 0.796. The SMILES string of the molecule is Cl.O=C(c1ccccc1)N1CC2CNCCc3c(Cl)cc(Cl)c1c32. The summed E-state index contributed by atoms with van der Waals surface area (Å²) in [4.78, 5) is 14.7. The summed E-state index contributed by atoms with van der Waals surface area (Å²) in [5, 5.41) is 4.70. The molecule has 3 nitrogen and oxygen atoms in total. The standard InChI is InChI=1S/C18H16Cl2N2O.ClH/c19-14-8-15(20)17-16-12(9-21-7-6-13(14)16)10-22(17)18(23)11-4-2-1-3-5-11;/h1-5,8,12,21H,6-7,9-10H2;1H. The van der Waals surface area contributed by atoms with Crippen molar-refractivity contribution in [2.45, 2.75) is 12.3 Å². The van der Waals surface area contributed by atoms with E-state index >= 15 is 0 Å². The van der Waals surface area contributed by atoms with Crippen LogP contribution >= 0.6 is 35.6 Å². The van der Waals surface area contributed by atoms with Crippen molar-refractivity contribution in [2.24, 2.45) is 0 Å². The van der Waals surface area contributed by atoms with Crippen LogP contribution in [0.15, 0.2) is 36.4 Å². The molecule has 1 atom stereocenters. The molecule has 4 rings (SSSR count). The van der Waals surface area contributed by atoms with Crippen molar-refractivity contribution < 1.29 is 4.79 Å². The second-order valence-corrected chi connectivity index (χ2v) is 6.83. The number of hydrogen-bond acceptors (Lipinski definition) is 2. The third kappa shape index (κ3) is 2.80. The monoisotopic (exact) mass is 382 g/mol. The van der Waals surface area contributed by atoms with E-state index in [1.807, 2.05) is 35.2 Å². The Morgan fingerprint density at radius 3 is 2.67 bits per heavy atom. The van der Waals surface area contributed by atoms with Crippen LogP contribution in [-0.2, 0) is 6.42 Å². The summed E-state index contributed by atoms with van der Waals surface area (Å²) in [6.45, 7) is 2.38. The second-order valence-electron chi connectivity index (χ2n) is 6.01. The van der Waals surface area contributed by atoms with Crippen LogP contribution < -0.4 is 10.2 Å². The Labute approximate surface area is 157 Å². The van der Waals surface area contributed by atoms with E-state index in [2.05, 4.69) is 5.32 Å². The van der Waals surface area contributed by atoms with Gasteiger partial charge in [0, 0.05) is 29.6 Å². The van der Waals surface area contributed by atoms with Gasteiger partial charge in [-0.1, -0.05) is 41.4 Å². The van der Waals surface area contributed by atoms with Crippen molar-refractivity contribution in [3.63, 3.8) is 0 Å². The third-order valence-electron chi connectivity index (χ3n) is 4.64. The smallest absolute Gasteiger partial charge is 0.258 e. The Morgan fingerprint density at radius 1 is 1.17 bits per heavy atom. The Bertz CT molecular complexity index is 780. The van der Waals surface area contributed by atoms with Crippen molar-refractivity contribution in [3.8, 4) is 0 Å². The molecule has 0 spiro atoms. The van der Waals surface area contributed by atoms with Gasteiger partial charge in [0.05, 0.1) is 10.7 Å². The minimum absolute atomic E-state index is 0. The van der Waals surface area contributed by atoms with E-state index < -0.39 is 0 Å². The lowest BCUT2D eigenvalue weighted by Gasteiger charge is -2.20. The summed E-state index contributed by atoms with van der Waals surface area (Å²) in [7, 11) is 0. The molecule has 0 saturated heterocycles. The largest absolute Gasteiger partial charge is 0.316 e. The number of nitrogens with zero attached hydrogens (tertiary/aromatic N) is 1. The highest BCUT2D eigenvalue weighted by atomic mass is 35.5. The van der Waals surface area contributed by atoms with Crippen LogP contribution in [0.4, 0.5) is 5.69 Å². The number of rotatable bonds is 1. The summed E-state index contributed by atoms with van der Waals surface area (Å²) in [5.74, 6) is 0.233. The van der Waals surface area contributed by atoms with E-state index in [1.54, 1.807) is 6.07 Å². The molecule has 2 aliphatic rings. The molecule has 0 aliphatic carbocycles. The van der Waals surface area contributed by atoms with Crippen LogP contribution in [-0.4, -0.2) is 25.5 Å². The first-order valence-electron chi connectivity index (χ1n) is 7.75. The van der Waals surface area contributed by atoms with Gasteiger partial charge in [-0.25, -0.2) is 0 Å². The molecule has 0 bridgehead atoms. The number of carbonyl (C=O) groups is 1. The predicted octanol–water partition coefficient (Wildman–Crippen LogP) is 4.30. The highest BCUT2D eigenvalue weighted by Crippen LogP contribution is 2.47. The topological polar surface area (TPSA) is 32.3 Å². The van der Waals surface area contributed by atoms with Gasteiger partial charge in [0.15, 0.2) is 0 Å². The average Bonchev–Trinajstić information content (AvgIpc) is 2.81. The zero-order valence-electron chi connectivity index (χ0n) is 12.9. The van der Waals surface area contributed by atoms with Crippen LogP contribution in [0.1, 0.15) is 27.4 Å². The van der Waals surface area contributed by atoms with Gasteiger partial charge in [-0.3, -0.25) is 4.79 Å². The maximum atomic E-state index is 12.9. The highest BCUT2D eigenvalue weighted by Gasteiger charge is 2.38. The summed E-state index contributed by atoms with van der Waals surface area (Å²) >= 11 is 12.9. The summed E-state index contributed by atoms with van der Waals surface area (Å²) < 4.78 is 0. The van der Waals surface area contributed by atoms with E-state index in [0.29, 0.717) is 22.2 Å². The number of halogens is 3. The Balaban J connectivity index is 0.00000169. The van der Waals surface area contributed by atoms with Gasteiger partial charge in [-0.05, 0) is 42.3 Å². The maximum Gasteiger partial charge on any atom is 0.258 e. The lowest BCUT2D eigenvalue weighted by Crippen LogP contribution is -2.32. The first-order valence-corrected chi connectivity index (χ1v) is 8.51. The van der Waals surface area contributed by atoms with E-state index in [9.17, 15) is 4.79 Å². The highest BCUT2D eigenvalue weighted by molar-refractivity contribution is 6.38. The number of amides is 1. The Morgan fingerprint density at radius 2 is 1.92 bits per heavy atom. The van der Waals surface area contributed by atoms with Gasteiger partial charge in [0.2, 0.25) is 0 Å². The maximum absolute atomic E-state index is 12.9. The van der Waals surface area contributed by atoms with E-state index in [0.717, 1.165) is 36.3 Å². The molecule has 2 aliphatic heterocycles. The van der Waals surface area contributed by atoms with Crippen LogP contribution in [0.25, 0.3) is 0 Å². The van der Waals surface area contributed by atoms with Crippen LogP contribution in [0.3, 0.4) is 0 Å². The van der Waals surface area contributed by atoms with Crippen molar-refractivity contribution in [1.29, 1.82) is 0 Å². The lowest BCUT2D eigenvalue weighted by atomic mass is 9.95. The molecule has 6 heteroatoms. The van der Waals surface area contributed by atoms with Gasteiger partial charge >= 0.3 is 0 Å². The fourth-order valence-corrected chi connectivity index (χ4v) is 4.29. The zero-order chi connectivity index (χ0) is 16.0. The summed E-state index contributed by atoms with van der Waals surface area (Å²) in [6.07, 6.45) is 0.863. The molecule has 24 heavy (non-hydrogen) atoms. The van der Waals surface area contributed by atoms with E-state index in [1.165, 1.54) is 0 Å². The number of hydrogen-bond donors (Lipinski definition) is 1. The zero-order valence-corrected chi connectivity index (χ0v) is 15.2. The molecule has 1 unspecified atom stereocenters. The normalized spacial score (nSPS) is 18.6. The molecule has 2 heterocycles. The predicted molar refractivity (Wildman–Crippen MR) is 101 cm³/mol. The molecule has 0 fully saturated rings. The van der Waals surface area contributed by atoms with Crippen molar-refractivity contribution in [1.82, 2.24) is 5.32 Å². The molecule has 126 valence electrons. The molecular weight excluding hydrogens is 367 g/mol. The molecule has 0 saturated carbocycles. The molecule has 2 aromatic rings. The number of anilines is 1. The van der Waals surface area contributed by atoms with Crippen molar-refractivity contribution in [3.05, 3.63) is 63.1 Å². The third-order valence-corrected chi connectivity index (χ3v) is 5.26. The van der Waals surface area contributed by atoms with Crippen LogP contribution in [0, 0.1) is 0 Å². The summed E-state index contributed by atoms with van der Waals surface area (Å²) in [6, 6.07) is 11.1. The van der Waals surface area contributed by atoms with Gasteiger partial charge in [-0.15, -0.1) is 12.4 Å². The first-order chi connectivity index (χ1) is 11.2. The van der Waals surface area contributed by atoms with Gasteiger partial charge in [-0.2, -0.15) is 0 Å². The van der Waals surface area contributed by atoms with Gasteiger partial charge in [0.25, 0.3) is 5.91 Å². The van der Waals surface area contributed by atoms with E-state index in [-0.39, 0.29) is 24.2 Å². The fraction of sp³-hybridized carbons (Fsp3) is 0.278.